The molecule has 0 atom stereocenters. The molecule has 1 N–H and O–H groups in total. The molecule has 0 spiro atoms. The first-order valence-electron chi connectivity index (χ1n) is 5.97. The number of nitrogens with one attached hydrogen (secondary N) is 1. The molecule has 2 nitrogen and oxygen atoms in total. The summed E-state index contributed by atoms with van der Waals surface area (Å²) in [4.78, 5) is 0. The summed E-state index contributed by atoms with van der Waals surface area (Å²) in [5, 5.41) is 3.19. The number of benzene rings is 2. The van der Waals surface area contributed by atoms with Crippen LogP contribution in [-0.4, -0.2) is 7.05 Å². The molecule has 0 heterocycles. The maximum absolute atomic E-state index is 13.3. The largest absolute Gasteiger partial charge is 0.457 e. The van der Waals surface area contributed by atoms with E-state index in [0.29, 0.717) is 11.5 Å². The van der Waals surface area contributed by atoms with Crippen LogP contribution in [0.15, 0.2) is 36.4 Å². The quantitative estimate of drug-likeness (QED) is 0.901. The molecule has 0 unspecified atom stereocenters. The fourth-order valence-electron chi connectivity index (χ4n) is 1.80. The van der Waals surface area contributed by atoms with E-state index >= 15 is 0 Å². The first-order chi connectivity index (χ1) is 9.10. The molecule has 2 aromatic carbocycles. The van der Waals surface area contributed by atoms with Crippen LogP contribution in [0.1, 0.15) is 11.1 Å². The Kier molecular flexibility index (Phi) is 4.40. The second-order valence-electron chi connectivity index (χ2n) is 4.30. The van der Waals surface area contributed by atoms with E-state index in [1.807, 2.05) is 32.2 Å². The lowest BCUT2D eigenvalue weighted by Gasteiger charge is -2.10. The molecule has 0 aromatic heterocycles. The van der Waals surface area contributed by atoms with Crippen LogP contribution in [0.3, 0.4) is 0 Å². The molecular weight excluding hydrogens is 265 g/mol. The summed E-state index contributed by atoms with van der Waals surface area (Å²) in [5.41, 5.74) is 2.33. The first kappa shape index (κ1) is 13.8. The molecule has 0 amide bonds. The Morgan fingerprint density at radius 2 is 1.84 bits per heavy atom. The van der Waals surface area contributed by atoms with Crippen molar-refractivity contribution < 1.29 is 9.13 Å². The zero-order valence-electron chi connectivity index (χ0n) is 10.8. The molecule has 0 fully saturated rings. The Balaban J connectivity index is 2.19. The second kappa shape index (κ2) is 6.04. The summed E-state index contributed by atoms with van der Waals surface area (Å²) >= 11 is 5.63. The van der Waals surface area contributed by atoms with Gasteiger partial charge >= 0.3 is 0 Å². The second-order valence-corrected chi connectivity index (χ2v) is 4.70. The van der Waals surface area contributed by atoms with Gasteiger partial charge in [0.05, 0.1) is 5.02 Å². The molecule has 0 aliphatic rings. The van der Waals surface area contributed by atoms with Crippen molar-refractivity contribution in [2.75, 3.05) is 7.05 Å². The van der Waals surface area contributed by atoms with Gasteiger partial charge in [0.2, 0.25) is 0 Å². The molecule has 100 valence electrons. The minimum Gasteiger partial charge on any atom is -0.457 e. The van der Waals surface area contributed by atoms with E-state index in [2.05, 4.69) is 5.32 Å². The molecular formula is C15H15ClFNO. The third-order valence-corrected chi connectivity index (χ3v) is 3.11. The van der Waals surface area contributed by atoms with E-state index in [-0.39, 0.29) is 5.02 Å². The lowest BCUT2D eigenvalue weighted by atomic mass is 10.1. The summed E-state index contributed by atoms with van der Waals surface area (Å²) in [7, 11) is 1.90. The van der Waals surface area contributed by atoms with E-state index in [1.54, 1.807) is 6.07 Å². The van der Waals surface area contributed by atoms with Gasteiger partial charge < -0.3 is 10.1 Å². The predicted molar refractivity (Wildman–Crippen MR) is 75.4 cm³/mol. The van der Waals surface area contributed by atoms with Gasteiger partial charge in [-0.1, -0.05) is 17.7 Å². The molecule has 0 saturated heterocycles. The van der Waals surface area contributed by atoms with E-state index in [9.17, 15) is 4.39 Å². The van der Waals surface area contributed by atoms with Crippen LogP contribution >= 0.6 is 11.6 Å². The highest BCUT2D eigenvalue weighted by atomic mass is 35.5. The first-order valence-corrected chi connectivity index (χ1v) is 6.35. The standard InChI is InChI=1S/C15H15ClFNO/c1-10-7-12(4-3-11(10)9-18-2)19-13-5-6-14(16)15(17)8-13/h3-8,18H,9H2,1-2H3. The van der Waals surface area contributed by atoms with Crippen LogP contribution in [0.5, 0.6) is 11.5 Å². The van der Waals surface area contributed by atoms with Crippen molar-refractivity contribution in [3.05, 3.63) is 58.4 Å². The number of hydrogen-bond acceptors (Lipinski definition) is 2. The summed E-state index contributed by atoms with van der Waals surface area (Å²) in [6.45, 7) is 2.82. The molecule has 0 aliphatic carbocycles. The molecule has 19 heavy (non-hydrogen) atoms. The zero-order chi connectivity index (χ0) is 13.8. The van der Waals surface area contributed by atoms with Gasteiger partial charge in [-0.05, 0) is 49.4 Å². The maximum atomic E-state index is 13.3. The fraction of sp³-hybridized carbons (Fsp3) is 0.200. The van der Waals surface area contributed by atoms with E-state index in [1.165, 1.54) is 17.7 Å². The molecule has 4 heteroatoms. The van der Waals surface area contributed by atoms with Crippen LogP contribution < -0.4 is 10.1 Å². The lowest BCUT2D eigenvalue weighted by molar-refractivity contribution is 0.476. The lowest BCUT2D eigenvalue weighted by Crippen LogP contribution is -2.06. The highest BCUT2D eigenvalue weighted by Gasteiger charge is 2.05. The summed E-state index contributed by atoms with van der Waals surface area (Å²) in [6, 6.07) is 10.2. The van der Waals surface area contributed by atoms with Crippen LogP contribution in [0, 0.1) is 12.7 Å². The van der Waals surface area contributed by atoms with Gasteiger partial charge in [-0.3, -0.25) is 0 Å². The Hall–Kier alpha value is -1.58. The fourth-order valence-corrected chi connectivity index (χ4v) is 1.91. The van der Waals surface area contributed by atoms with Crippen molar-refractivity contribution in [2.45, 2.75) is 13.5 Å². The van der Waals surface area contributed by atoms with Crippen molar-refractivity contribution in [1.29, 1.82) is 0 Å². The van der Waals surface area contributed by atoms with Crippen LogP contribution in [-0.2, 0) is 6.54 Å². The average molecular weight is 280 g/mol. The minimum atomic E-state index is -0.484. The predicted octanol–water partition coefficient (Wildman–Crippen LogP) is 4.30. The Labute approximate surface area is 117 Å². The molecule has 0 radical (unpaired) electrons. The average Bonchev–Trinajstić information content (AvgIpc) is 2.37. The van der Waals surface area contributed by atoms with Crippen LogP contribution in [0.4, 0.5) is 4.39 Å². The Morgan fingerprint density at radius 3 is 2.47 bits per heavy atom. The molecule has 0 bridgehead atoms. The summed E-state index contributed by atoms with van der Waals surface area (Å²) in [6.07, 6.45) is 0. The zero-order valence-corrected chi connectivity index (χ0v) is 11.6. The monoisotopic (exact) mass is 279 g/mol. The number of hydrogen-bond donors (Lipinski definition) is 1. The molecule has 0 aliphatic heterocycles. The van der Waals surface area contributed by atoms with Gasteiger partial charge in [0, 0.05) is 12.6 Å². The SMILES string of the molecule is CNCc1ccc(Oc2ccc(Cl)c(F)c2)cc1C. The Bertz CT molecular complexity index is 586. The topological polar surface area (TPSA) is 21.3 Å². The van der Waals surface area contributed by atoms with E-state index < -0.39 is 5.82 Å². The number of ether oxygens (including phenoxy) is 1. The van der Waals surface area contributed by atoms with Crippen molar-refractivity contribution in [1.82, 2.24) is 5.32 Å². The molecule has 2 aromatic rings. The third-order valence-electron chi connectivity index (χ3n) is 2.81. The van der Waals surface area contributed by atoms with Crippen molar-refractivity contribution >= 4 is 11.6 Å². The van der Waals surface area contributed by atoms with Crippen LogP contribution in [0.25, 0.3) is 0 Å². The minimum absolute atomic E-state index is 0.0906. The third kappa shape index (κ3) is 3.46. The van der Waals surface area contributed by atoms with Gasteiger partial charge in [-0.15, -0.1) is 0 Å². The number of aryl methyl sites for hydroxylation is 1. The Morgan fingerprint density at radius 1 is 1.16 bits per heavy atom. The van der Waals surface area contributed by atoms with Gasteiger partial charge in [0.15, 0.2) is 0 Å². The number of halogens is 2. The van der Waals surface area contributed by atoms with E-state index in [0.717, 1.165) is 12.1 Å². The summed E-state index contributed by atoms with van der Waals surface area (Å²) < 4.78 is 18.9. The van der Waals surface area contributed by atoms with Gasteiger partial charge in [0.25, 0.3) is 0 Å². The van der Waals surface area contributed by atoms with Crippen molar-refractivity contribution in [3.8, 4) is 11.5 Å². The van der Waals surface area contributed by atoms with E-state index in [4.69, 9.17) is 16.3 Å². The highest BCUT2D eigenvalue weighted by Crippen LogP contribution is 2.26. The van der Waals surface area contributed by atoms with Crippen LogP contribution in [0.2, 0.25) is 5.02 Å². The van der Waals surface area contributed by atoms with Gasteiger partial charge in [-0.2, -0.15) is 0 Å². The maximum Gasteiger partial charge on any atom is 0.145 e. The van der Waals surface area contributed by atoms with Gasteiger partial charge in [0.1, 0.15) is 17.3 Å². The molecule has 0 saturated carbocycles. The summed E-state index contributed by atoms with van der Waals surface area (Å²) in [5.74, 6) is 0.629. The normalized spacial score (nSPS) is 10.5. The molecule has 2 rings (SSSR count). The van der Waals surface area contributed by atoms with Crippen molar-refractivity contribution in [3.63, 3.8) is 0 Å². The van der Waals surface area contributed by atoms with Gasteiger partial charge in [-0.25, -0.2) is 4.39 Å². The highest BCUT2D eigenvalue weighted by molar-refractivity contribution is 6.30. The number of rotatable bonds is 4. The van der Waals surface area contributed by atoms with Crippen molar-refractivity contribution in [2.24, 2.45) is 0 Å². The smallest absolute Gasteiger partial charge is 0.145 e.